The molecule has 1 aliphatic heterocycles. The lowest BCUT2D eigenvalue weighted by Gasteiger charge is -2.30. The summed E-state index contributed by atoms with van der Waals surface area (Å²) in [5, 5.41) is 4.50. The molecule has 94 valence electrons. The van der Waals surface area contributed by atoms with Gasteiger partial charge < -0.3 is 10.1 Å². The largest absolute Gasteiger partial charge is 0.489 e. The van der Waals surface area contributed by atoms with E-state index in [0.29, 0.717) is 12.0 Å². The summed E-state index contributed by atoms with van der Waals surface area (Å²) in [6.45, 7) is 4.31. The summed E-state index contributed by atoms with van der Waals surface area (Å²) in [5.41, 5.74) is 0.997. The Morgan fingerprint density at radius 3 is 3.11 bits per heavy atom. The summed E-state index contributed by atoms with van der Waals surface area (Å²) < 4.78 is 6.20. The van der Waals surface area contributed by atoms with Crippen molar-refractivity contribution < 1.29 is 4.74 Å². The maximum Gasteiger partial charge on any atom is 0.129 e. The van der Waals surface area contributed by atoms with Crippen LogP contribution in [0.4, 0.5) is 0 Å². The first-order valence-electron chi connectivity index (χ1n) is 6.56. The third-order valence-electron chi connectivity index (χ3n) is 3.59. The summed E-state index contributed by atoms with van der Waals surface area (Å²) in [5.74, 6) is 1.50. The number of pyridine rings is 1. The Kier molecular flexibility index (Phi) is 3.15. The molecule has 2 atom stereocenters. The first-order chi connectivity index (χ1) is 8.84. The standard InChI is InChI=1S/C15H18N2O/c1-11-10-16-9-7-14(11)18-15-6-2-5-13-12(15)4-3-8-17-13/h2-6,8,11,14,16H,7,9-10H2,1H3. The molecule has 1 N–H and O–H groups in total. The van der Waals surface area contributed by atoms with Crippen LogP contribution >= 0.6 is 0 Å². The Hall–Kier alpha value is -1.61. The molecule has 1 aliphatic rings. The van der Waals surface area contributed by atoms with Crippen LogP contribution in [0.15, 0.2) is 36.5 Å². The van der Waals surface area contributed by atoms with E-state index in [9.17, 15) is 0 Å². The van der Waals surface area contributed by atoms with Crippen LogP contribution < -0.4 is 10.1 Å². The number of nitrogens with one attached hydrogen (secondary N) is 1. The molecule has 1 aromatic heterocycles. The van der Waals surface area contributed by atoms with E-state index in [2.05, 4.69) is 23.3 Å². The summed E-state index contributed by atoms with van der Waals surface area (Å²) in [7, 11) is 0. The van der Waals surface area contributed by atoms with E-state index < -0.39 is 0 Å². The van der Waals surface area contributed by atoms with Gasteiger partial charge in [-0.15, -0.1) is 0 Å². The van der Waals surface area contributed by atoms with Crippen LogP contribution in [0.3, 0.4) is 0 Å². The number of hydrogen-bond acceptors (Lipinski definition) is 3. The molecule has 18 heavy (non-hydrogen) atoms. The molecule has 0 radical (unpaired) electrons. The molecular weight excluding hydrogens is 224 g/mol. The Morgan fingerprint density at radius 1 is 1.28 bits per heavy atom. The molecule has 3 nitrogen and oxygen atoms in total. The second-order valence-electron chi connectivity index (χ2n) is 4.95. The molecule has 1 fully saturated rings. The van der Waals surface area contributed by atoms with Crippen LogP contribution in [0, 0.1) is 5.92 Å². The molecule has 0 spiro atoms. The molecule has 0 bridgehead atoms. The molecule has 2 heterocycles. The zero-order chi connectivity index (χ0) is 12.4. The Bertz CT molecular complexity index is 536. The zero-order valence-corrected chi connectivity index (χ0v) is 10.6. The Morgan fingerprint density at radius 2 is 2.22 bits per heavy atom. The molecule has 3 heteroatoms. The highest BCUT2D eigenvalue weighted by atomic mass is 16.5. The molecule has 2 unspecified atom stereocenters. The number of hydrogen-bond donors (Lipinski definition) is 1. The second kappa shape index (κ2) is 4.94. The quantitative estimate of drug-likeness (QED) is 0.879. The lowest BCUT2D eigenvalue weighted by molar-refractivity contribution is 0.113. The van der Waals surface area contributed by atoms with Gasteiger partial charge in [-0.25, -0.2) is 0 Å². The van der Waals surface area contributed by atoms with Gasteiger partial charge in [-0.3, -0.25) is 4.98 Å². The fraction of sp³-hybridized carbons (Fsp3) is 0.400. The lowest BCUT2D eigenvalue weighted by Crippen LogP contribution is -2.41. The highest BCUT2D eigenvalue weighted by molar-refractivity contribution is 5.84. The molecule has 0 saturated carbocycles. The van der Waals surface area contributed by atoms with E-state index >= 15 is 0 Å². The third-order valence-corrected chi connectivity index (χ3v) is 3.59. The van der Waals surface area contributed by atoms with Crippen LogP contribution in [-0.2, 0) is 0 Å². The van der Waals surface area contributed by atoms with Crippen LogP contribution in [0.5, 0.6) is 5.75 Å². The number of aromatic nitrogens is 1. The first kappa shape index (κ1) is 11.5. The molecule has 0 amide bonds. The minimum absolute atomic E-state index is 0.303. The third kappa shape index (κ3) is 2.18. The predicted molar refractivity (Wildman–Crippen MR) is 72.8 cm³/mol. The predicted octanol–water partition coefficient (Wildman–Crippen LogP) is 2.61. The zero-order valence-electron chi connectivity index (χ0n) is 10.6. The van der Waals surface area contributed by atoms with Gasteiger partial charge in [-0.05, 0) is 37.2 Å². The molecule has 3 rings (SSSR count). The van der Waals surface area contributed by atoms with Crippen molar-refractivity contribution in [3.8, 4) is 5.75 Å². The maximum absolute atomic E-state index is 6.20. The van der Waals surface area contributed by atoms with Gasteiger partial charge in [0.2, 0.25) is 0 Å². The highest BCUT2D eigenvalue weighted by Gasteiger charge is 2.23. The van der Waals surface area contributed by atoms with Gasteiger partial charge in [-0.1, -0.05) is 13.0 Å². The minimum atomic E-state index is 0.303. The van der Waals surface area contributed by atoms with Crippen molar-refractivity contribution in [3.63, 3.8) is 0 Å². The van der Waals surface area contributed by atoms with Crippen molar-refractivity contribution in [2.45, 2.75) is 19.4 Å². The number of fused-ring (bicyclic) bond motifs is 1. The molecular formula is C15H18N2O. The average Bonchev–Trinajstić information content (AvgIpc) is 2.42. The van der Waals surface area contributed by atoms with Crippen molar-refractivity contribution >= 4 is 10.9 Å². The minimum Gasteiger partial charge on any atom is -0.489 e. The number of benzene rings is 1. The Labute approximate surface area is 107 Å². The van der Waals surface area contributed by atoms with Crippen molar-refractivity contribution in [2.75, 3.05) is 13.1 Å². The molecule has 0 aliphatic carbocycles. The first-order valence-corrected chi connectivity index (χ1v) is 6.56. The van der Waals surface area contributed by atoms with Crippen molar-refractivity contribution in [3.05, 3.63) is 36.5 Å². The smallest absolute Gasteiger partial charge is 0.129 e. The number of piperidine rings is 1. The highest BCUT2D eigenvalue weighted by Crippen LogP contribution is 2.27. The topological polar surface area (TPSA) is 34.1 Å². The van der Waals surface area contributed by atoms with Crippen LogP contribution in [0.25, 0.3) is 10.9 Å². The van der Waals surface area contributed by atoms with E-state index in [1.807, 2.05) is 30.5 Å². The maximum atomic E-state index is 6.20. The van der Waals surface area contributed by atoms with Gasteiger partial charge in [0.15, 0.2) is 0 Å². The van der Waals surface area contributed by atoms with Gasteiger partial charge in [0, 0.05) is 24.0 Å². The summed E-state index contributed by atoms with van der Waals surface area (Å²) >= 11 is 0. The van der Waals surface area contributed by atoms with E-state index in [4.69, 9.17) is 4.74 Å². The average molecular weight is 242 g/mol. The van der Waals surface area contributed by atoms with E-state index in [0.717, 1.165) is 36.2 Å². The van der Waals surface area contributed by atoms with Gasteiger partial charge in [0.05, 0.1) is 5.52 Å². The number of rotatable bonds is 2. The Balaban J connectivity index is 1.90. The summed E-state index contributed by atoms with van der Waals surface area (Å²) in [4.78, 5) is 4.36. The fourth-order valence-corrected chi connectivity index (χ4v) is 2.51. The van der Waals surface area contributed by atoms with E-state index in [-0.39, 0.29) is 0 Å². The van der Waals surface area contributed by atoms with E-state index in [1.54, 1.807) is 0 Å². The lowest BCUT2D eigenvalue weighted by atomic mass is 9.98. The van der Waals surface area contributed by atoms with Crippen molar-refractivity contribution in [1.82, 2.24) is 10.3 Å². The number of ether oxygens (including phenoxy) is 1. The molecule has 2 aromatic rings. The SMILES string of the molecule is CC1CNCCC1Oc1cccc2ncccc12. The van der Waals surface area contributed by atoms with Crippen molar-refractivity contribution in [2.24, 2.45) is 5.92 Å². The summed E-state index contributed by atoms with van der Waals surface area (Å²) in [6, 6.07) is 10.1. The van der Waals surface area contributed by atoms with Crippen molar-refractivity contribution in [1.29, 1.82) is 0 Å². The van der Waals surface area contributed by atoms with E-state index in [1.165, 1.54) is 0 Å². The second-order valence-corrected chi connectivity index (χ2v) is 4.95. The van der Waals surface area contributed by atoms with Gasteiger partial charge in [0.25, 0.3) is 0 Å². The van der Waals surface area contributed by atoms with Gasteiger partial charge in [-0.2, -0.15) is 0 Å². The molecule has 1 aromatic carbocycles. The summed E-state index contributed by atoms with van der Waals surface area (Å²) in [6.07, 6.45) is 3.19. The van der Waals surface area contributed by atoms with Gasteiger partial charge in [0.1, 0.15) is 11.9 Å². The van der Waals surface area contributed by atoms with Gasteiger partial charge >= 0.3 is 0 Å². The normalized spacial score (nSPS) is 24.1. The fourth-order valence-electron chi connectivity index (χ4n) is 2.51. The molecule has 1 saturated heterocycles. The van der Waals surface area contributed by atoms with Crippen LogP contribution in [-0.4, -0.2) is 24.2 Å². The van der Waals surface area contributed by atoms with Crippen LogP contribution in [0.1, 0.15) is 13.3 Å². The van der Waals surface area contributed by atoms with Crippen LogP contribution in [0.2, 0.25) is 0 Å². The number of nitrogens with zero attached hydrogens (tertiary/aromatic N) is 1. The monoisotopic (exact) mass is 242 g/mol.